The molecule has 0 radical (unpaired) electrons. The molecule has 1 aliphatic rings. The lowest BCUT2D eigenvalue weighted by Crippen LogP contribution is -2.51. The molecule has 0 saturated carbocycles. The smallest absolute Gasteiger partial charge is 0.271 e. The Bertz CT molecular complexity index is 1220. The Morgan fingerprint density at radius 3 is 2.61 bits per heavy atom. The van der Waals surface area contributed by atoms with Crippen LogP contribution in [0.1, 0.15) is 73.0 Å². The number of amides is 2. The number of nitrogens with zero attached hydrogens (tertiary/aromatic N) is 6. The predicted octanol–water partition coefficient (Wildman–Crippen LogP) is 2.84. The Kier molecular flexibility index (Phi) is 7.47. The highest BCUT2D eigenvalue weighted by atomic mass is 16.2. The molecule has 4 rings (SSSR count). The average molecular weight is 492 g/mol. The van der Waals surface area contributed by atoms with Gasteiger partial charge in [-0.3, -0.25) is 19.3 Å². The molecular formula is C25H33N9O2. The van der Waals surface area contributed by atoms with E-state index in [1.54, 1.807) is 23.3 Å². The maximum Gasteiger partial charge on any atom is 0.271 e. The van der Waals surface area contributed by atoms with E-state index >= 15 is 0 Å². The fourth-order valence-electron chi connectivity index (χ4n) is 4.22. The van der Waals surface area contributed by atoms with Gasteiger partial charge in [0.05, 0.1) is 23.6 Å². The van der Waals surface area contributed by atoms with Crippen molar-refractivity contribution in [2.24, 2.45) is 5.73 Å². The Morgan fingerprint density at radius 2 is 1.97 bits per heavy atom. The molecule has 11 heteroatoms. The zero-order chi connectivity index (χ0) is 25.8. The van der Waals surface area contributed by atoms with Crippen LogP contribution in [0.5, 0.6) is 0 Å². The maximum atomic E-state index is 12.9. The van der Waals surface area contributed by atoms with E-state index in [2.05, 4.69) is 56.4 Å². The molecule has 0 bridgehead atoms. The standard InChI is InChI=1S/C25H33N9O2/c1-5-33-13-19(11-29-33)30-24-22(23(26)35)28-12-21(32-24)34-14-18(8-6-16(34)4)31-25(36)17-7-9-20(15(2)3)27-10-17/h7,9-13,15-16,18H,5-6,8,14H2,1-4H3,(H2,26,35)(H,30,32)(H,31,36)/t16-,18+/m0/s1. The molecule has 0 unspecified atom stereocenters. The van der Waals surface area contributed by atoms with Crippen molar-refractivity contribution in [3.8, 4) is 0 Å². The summed E-state index contributed by atoms with van der Waals surface area (Å²) in [6, 6.07) is 3.81. The van der Waals surface area contributed by atoms with E-state index < -0.39 is 5.91 Å². The summed E-state index contributed by atoms with van der Waals surface area (Å²) in [5.74, 6) is 0.348. The van der Waals surface area contributed by atoms with Crippen molar-refractivity contribution in [1.29, 1.82) is 0 Å². The SMILES string of the molecule is CCn1cc(Nc2nc(N3C[C@H](NC(=O)c4ccc(C(C)C)nc4)CC[C@@H]3C)cnc2C(N)=O)cn1. The number of carbonyl (C=O) groups is 2. The lowest BCUT2D eigenvalue weighted by atomic mass is 9.99. The van der Waals surface area contributed by atoms with Crippen LogP contribution in [-0.2, 0) is 6.54 Å². The molecule has 1 fully saturated rings. The molecule has 190 valence electrons. The van der Waals surface area contributed by atoms with Crippen LogP contribution in [0.3, 0.4) is 0 Å². The highest BCUT2D eigenvalue weighted by molar-refractivity contribution is 5.96. The van der Waals surface area contributed by atoms with Gasteiger partial charge in [-0.1, -0.05) is 13.8 Å². The van der Waals surface area contributed by atoms with Crippen LogP contribution < -0.4 is 21.3 Å². The topological polar surface area (TPSA) is 144 Å². The van der Waals surface area contributed by atoms with Crippen LogP contribution >= 0.6 is 0 Å². The van der Waals surface area contributed by atoms with Crippen molar-refractivity contribution < 1.29 is 9.59 Å². The molecule has 4 heterocycles. The zero-order valence-corrected chi connectivity index (χ0v) is 21.1. The summed E-state index contributed by atoms with van der Waals surface area (Å²) in [5.41, 5.74) is 7.76. The molecule has 0 spiro atoms. The first-order valence-corrected chi connectivity index (χ1v) is 12.2. The van der Waals surface area contributed by atoms with Crippen LogP contribution in [0, 0.1) is 0 Å². The monoisotopic (exact) mass is 491 g/mol. The number of nitrogens with two attached hydrogens (primary N) is 1. The zero-order valence-electron chi connectivity index (χ0n) is 21.1. The van der Waals surface area contributed by atoms with E-state index in [0.717, 1.165) is 18.5 Å². The molecule has 1 aliphatic heterocycles. The van der Waals surface area contributed by atoms with E-state index in [9.17, 15) is 9.59 Å². The van der Waals surface area contributed by atoms with Crippen LogP contribution in [-0.4, -0.2) is 55.2 Å². The summed E-state index contributed by atoms with van der Waals surface area (Å²) < 4.78 is 1.76. The Balaban J connectivity index is 1.51. The second-order valence-corrected chi connectivity index (χ2v) is 9.37. The van der Waals surface area contributed by atoms with E-state index in [4.69, 9.17) is 5.73 Å². The summed E-state index contributed by atoms with van der Waals surface area (Å²) in [4.78, 5) is 40.3. The van der Waals surface area contributed by atoms with Gasteiger partial charge in [0, 0.05) is 43.3 Å². The van der Waals surface area contributed by atoms with Gasteiger partial charge in [-0.25, -0.2) is 9.97 Å². The summed E-state index contributed by atoms with van der Waals surface area (Å²) in [7, 11) is 0. The molecule has 1 saturated heterocycles. The number of piperidine rings is 1. The minimum atomic E-state index is -0.673. The third kappa shape index (κ3) is 5.61. The summed E-state index contributed by atoms with van der Waals surface area (Å²) in [6.45, 7) is 9.50. The maximum absolute atomic E-state index is 12.9. The second-order valence-electron chi connectivity index (χ2n) is 9.37. The minimum absolute atomic E-state index is 0.0508. The summed E-state index contributed by atoms with van der Waals surface area (Å²) in [6.07, 6.45) is 8.35. The third-order valence-electron chi connectivity index (χ3n) is 6.36. The number of hydrogen-bond acceptors (Lipinski definition) is 8. The number of aryl methyl sites for hydroxylation is 1. The van der Waals surface area contributed by atoms with E-state index in [1.807, 2.05) is 25.3 Å². The largest absolute Gasteiger partial charge is 0.364 e. The summed E-state index contributed by atoms with van der Waals surface area (Å²) >= 11 is 0. The Labute approximate surface area is 210 Å². The van der Waals surface area contributed by atoms with E-state index in [0.29, 0.717) is 36.1 Å². The second kappa shape index (κ2) is 10.7. The number of aromatic nitrogens is 5. The van der Waals surface area contributed by atoms with Crippen LogP contribution in [0.2, 0.25) is 0 Å². The van der Waals surface area contributed by atoms with Crippen LogP contribution in [0.25, 0.3) is 0 Å². The first kappa shape index (κ1) is 25.1. The molecule has 4 N–H and O–H groups in total. The molecule has 0 aliphatic carbocycles. The highest BCUT2D eigenvalue weighted by Gasteiger charge is 2.29. The van der Waals surface area contributed by atoms with Crippen molar-refractivity contribution in [2.45, 2.75) is 65.1 Å². The fraction of sp³-hybridized carbons (Fsp3) is 0.440. The van der Waals surface area contributed by atoms with Crippen molar-refractivity contribution in [2.75, 3.05) is 16.8 Å². The molecule has 36 heavy (non-hydrogen) atoms. The summed E-state index contributed by atoms with van der Waals surface area (Å²) in [5, 5.41) is 10.5. The van der Waals surface area contributed by atoms with Crippen molar-refractivity contribution in [3.05, 3.63) is 53.9 Å². The molecule has 3 aromatic heterocycles. The number of pyridine rings is 1. The van der Waals surface area contributed by atoms with Gasteiger partial charge in [0.15, 0.2) is 11.5 Å². The number of primary amides is 1. The lowest BCUT2D eigenvalue weighted by molar-refractivity contribution is 0.0929. The molecule has 2 amide bonds. The van der Waals surface area contributed by atoms with Gasteiger partial charge in [0.25, 0.3) is 11.8 Å². The molecule has 11 nitrogen and oxygen atoms in total. The molecule has 3 aromatic rings. The lowest BCUT2D eigenvalue weighted by Gasteiger charge is -2.39. The van der Waals surface area contributed by atoms with E-state index in [1.165, 1.54) is 0 Å². The van der Waals surface area contributed by atoms with Gasteiger partial charge in [-0.15, -0.1) is 0 Å². The van der Waals surface area contributed by atoms with Crippen LogP contribution in [0.4, 0.5) is 17.3 Å². The van der Waals surface area contributed by atoms with Gasteiger partial charge < -0.3 is 21.3 Å². The number of hydrogen-bond donors (Lipinski definition) is 3. The quantitative estimate of drug-likeness (QED) is 0.436. The third-order valence-corrected chi connectivity index (χ3v) is 6.36. The molecule has 0 aromatic carbocycles. The molecule has 2 atom stereocenters. The van der Waals surface area contributed by atoms with Crippen molar-refractivity contribution in [3.63, 3.8) is 0 Å². The average Bonchev–Trinajstić information content (AvgIpc) is 3.32. The Morgan fingerprint density at radius 1 is 1.17 bits per heavy atom. The first-order chi connectivity index (χ1) is 17.2. The van der Waals surface area contributed by atoms with Crippen molar-refractivity contribution in [1.82, 2.24) is 30.0 Å². The Hall–Kier alpha value is -4.02. The van der Waals surface area contributed by atoms with Gasteiger partial charge in [-0.2, -0.15) is 5.10 Å². The van der Waals surface area contributed by atoms with Gasteiger partial charge in [0.1, 0.15) is 5.82 Å². The number of anilines is 3. The van der Waals surface area contributed by atoms with Crippen LogP contribution in [0.15, 0.2) is 36.9 Å². The number of rotatable bonds is 8. The minimum Gasteiger partial charge on any atom is -0.364 e. The predicted molar refractivity (Wildman–Crippen MR) is 137 cm³/mol. The highest BCUT2D eigenvalue weighted by Crippen LogP contribution is 2.26. The van der Waals surface area contributed by atoms with Crippen molar-refractivity contribution >= 4 is 29.1 Å². The molecular weight excluding hydrogens is 458 g/mol. The first-order valence-electron chi connectivity index (χ1n) is 12.2. The fourth-order valence-corrected chi connectivity index (χ4v) is 4.22. The van der Waals surface area contributed by atoms with Gasteiger partial charge in [0.2, 0.25) is 0 Å². The number of nitrogens with one attached hydrogen (secondary N) is 2. The number of carbonyl (C=O) groups excluding carboxylic acids is 2. The van der Waals surface area contributed by atoms with E-state index in [-0.39, 0.29) is 29.5 Å². The van der Waals surface area contributed by atoms with Gasteiger partial charge in [-0.05, 0) is 44.7 Å². The van der Waals surface area contributed by atoms with Gasteiger partial charge >= 0.3 is 0 Å². The normalized spacial score (nSPS) is 17.8.